The molecule has 1 aromatic heterocycles. The molecule has 0 fully saturated rings. The van der Waals surface area contributed by atoms with Crippen LogP contribution in [0.25, 0.3) is 0 Å². The summed E-state index contributed by atoms with van der Waals surface area (Å²) in [5, 5.41) is 15.0. The molecule has 3 aromatic rings. The van der Waals surface area contributed by atoms with E-state index in [0.29, 0.717) is 16.5 Å². The van der Waals surface area contributed by atoms with Gasteiger partial charge in [-0.05, 0) is 42.3 Å². The Morgan fingerprint density at radius 1 is 1.06 bits per heavy atom. The van der Waals surface area contributed by atoms with Gasteiger partial charge in [0, 0.05) is 22.8 Å². The molecule has 162 valence electrons. The molecule has 0 unspecified atom stereocenters. The van der Waals surface area contributed by atoms with Gasteiger partial charge in [0.2, 0.25) is 5.91 Å². The van der Waals surface area contributed by atoms with Crippen molar-refractivity contribution in [1.29, 1.82) is 0 Å². The minimum atomic E-state index is -0.309. The molecule has 0 spiro atoms. The number of aromatic nitrogens is 3. The Morgan fingerprint density at radius 3 is 2.39 bits per heavy atom. The molecular weight excluding hydrogens is 478 g/mol. The highest BCUT2D eigenvalue weighted by Crippen LogP contribution is 2.24. The minimum absolute atomic E-state index is 0.106. The number of thioether (sulfide) groups is 1. The minimum Gasteiger partial charge on any atom is -0.342 e. The van der Waals surface area contributed by atoms with Crippen LogP contribution in [0.15, 0.2) is 64.2 Å². The highest BCUT2D eigenvalue weighted by atomic mass is 79.9. The molecule has 2 amide bonds. The van der Waals surface area contributed by atoms with Gasteiger partial charge in [0.05, 0.1) is 11.8 Å². The Labute approximate surface area is 194 Å². The normalized spacial score (nSPS) is 11.9. The third-order valence-electron chi connectivity index (χ3n) is 4.60. The van der Waals surface area contributed by atoms with E-state index in [2.05, 4.69) is 36.8 Å². The number of hydrogen-bond donors (Lipinski definition) is 2. The maximum absolute atomic E-state index is 12.6. The summed E-state index contributed by atoms with van der Waals surface area (Å²) in [5.74, 6) is 0.661. The molecule has 1 atom stereocenters. The predicted octanol–water partition coefficient (Wildman–Crippen LogP) is 4.44. The number of anilines is 1. The van der Waals surface area contributed by atoms with Gasteiger partial charge in [-0.2, -0.15) is 0 Å². The Kier molecular flexibility index (Phi) is 7.86. The highest BCUT2D eigenvalue weighted by molar-refractivity contribution is 9.10. The van der Waals surface area contributed by atoms with Gasteiger partial charge in [0.15, 0.2) is 11.0 Å². The van der Waals surface area contributed by atoms with Crippen molar-refractivity contribution < 1.29 is 9.59 Å². The molecule has 0 aliphatic rings. The number of carbonyl (C=O) groups is 2. The smallest absolute Gasteiger partial charge is 0.251 e. The molecule has 0 saturated heterocycles. The molecule has 0 saturated carbocycles. The van der Waals surface area contributed by atoms with Crippen molar-refractivity contribution in [3.05, 3.63) is 70.5 Å². The van der Waals surface area contributed by atoms with Gasteiger partial charge in [-0.1, -0.05) is 59.7 Å². The van der Waals surface area contributed by atoms with E-state index >= 15 is 0 Å². The molecule has 9 heteroatoms. The lowest BCUT2D eigenvalue weighted by atomic mass is 10.0. The summed E-state index contributed by atoms with van der Waals surface area (Å²) in [7, 11) is 1.84. The van der Waals surface area contributed by atoms with Crippen molar-refractivity contribution >= 4 is 45.2 Å². The maximum Gasteiger partial charge on any atom is 0.251 e. The average Bonchev–Trinajstić information content (AvgIpc) is 3.12. The standard InChI is InChI=1S/C22H24BrN5O2S/c1-14(2)19(25-21(30)15-7-5-4-6-8-15)20-26-27-22(28(20)3)31-13-18(29)24-17-11-9-16(23)10-12-17/h4-12,14,19H,13H2,1-3H3,(H,24,29)(H,25,30)/t19-/m0/s1. The van der Waals surface area contributed by atoms with Crippen molar-refractivity contribution in [3.8, 4) is 0 Å². The number of nitrogens with one attached hydrogen (secondary N) is 2. The summed E-state index contributed by atoms with van der Waals surface area (Å²) in [6, 6.07) is 16.2. The van der Waals surface area contributed by atoms with Crippen molar-refractivity contribution in [2.45, 2.75) is 25.0 Å². The second-order valence-electron chi connectivity index (χ2n) is 7.30. The van der Waals surface area contributed by atoms with Crippen LogP contribution in [0.4, 0.5) is 5.69 Å². The molecule has 31 heavy (non-hydrogen) atoms. The first-order chi connectivity index (χ1) is 14.8. The fourth-order valence-electron chi connectivity index (χ4n) is 2.93. The molecule has 7 nitrogen and oxygen atoms in total. The van der Waals surface area contributed by atoms with Gasteiger partial charge in [-0.25, -0.2) is 0 Å². The molecule has 2 aromatic carbocycles. The van der Waals surface area contributed by atoms with E-state index < -0.39 is 0 Å². The Hall–Kier alpha value is -2.65. The van der Waals surface area contributed by atoms with Gasteiger partial charge in [0.25, 0.3) is 5.91 Å². The number of rotatable bonds is 8. The van der Waals surface area contributed by atoms with Crippen LogP contribution in [-0.4, -0.2) is 32.3 Å². The van der Waals surface area contributed by atoms with Gasteiger partial charge >= 0.3 is 0 Å². The second kappa shape index (κ2) is 10.6. The molecule has 3 rings (SSSR count). The number of nitrogens with zero attached hydrogens (tertiary/aromatic N) is 3. The van der Waals surface area contributed by atoms with Crippen LogP contribution >= 0.6 is 27.7 Å². The van der Waals surface area contributed by atoms with Crippen LogP contribution in [0, 0.1) is 5.92 Å². The first-order valence-corrected chi connectivity index (χ1v) is 11.6. The molecule has 0 aliphatic carbocycles. The first kappa shape index (κ1) is 23.0. The topological polar surface area (TPSA) is 88.9 Å². The third-order valence-corrected chi connectivity index (χ3v) is 6.15. The summed E-state index contributed by atoms with van der Waals surface area (Å²) in [4.78, 5) is 24.9. The molecule has 1 heterocycles. The number of benzene rings is 2. The number of carbonyl (C=O) groups excluding carboxylic acids is 2. The average molecular weight is 502 g/mol. The molecule has 0 radical (unpaired) electrons. The van der Waals surface area contributed by atoms with Crippen LogP contribution in [-0.2, 0) is 11.8 Å². The van der Waals surface area contributed by atoms with Gasteiger partial charge in [-0.3, -0.25) is 9.59 Å². The Morgan fingerprint density at radius 2 is 1.74 bits per heavy atom. The Bertz CT molecular complexity index is 1040. The van der Waals surface area contributed by atoms with Crippen molar-refractivity contribution in [3.63, 3.8) is 0 Å². The lowest BCUT2D eigenvalue weighted by Crippen LogP contribution is -2.33. The summed E-state index contributed by atoms with van der Waals surface area (Å²) in [6.07, 6.45) is 0. The van der Waals surface area contributed by atoms with Crippen molar-refractivity contribution in [1.82, 2.24) is 20.1 Å². The fourth-order valence-corrected chi connectivity index (χ4v) is 3.91. The largest absolute Gasteiger partial charge is 0.342 e. The summed E-state index contributed by atoms with van der Waals surface area (Å²) >= 11 is 4.67. The van der Waals surface area contributed by atoms with E-state index in [9.17, 15) is 9.59 Å². The van der Waals surface area contributed by atoms with E-state index in [1.165, 1.54) is 11.8 Å². The van der Waals surface area contributed by atoms with Gasteiger partial charge in [-0.15, -0.1) is 10.2 Å². The van der Waals surface area contributed by atoms with Crippen LogP contribution in [0.5, 0.6) is 0 Å². The van der Waals surface area contributed by atoms with Crippen LogP contribution in [0.3, 0.4) is 0 Å². The zero-order chi connectivity index (χ0) is 22.4. The number of hydrogen-bond acceptors (Lipinski definition) is 5. The highest BCUT2D eigenvalue weighted by Gasteiger charge is 2.25. The maximum atomic E-state index is 12.6. The zero-order valence-electron chi connectivity index (χ0n) is 17.5. The lowest BCUT2D eigenvalue weighted by molar-refractivity contribution is -0.113. The van der Waals surface area contributed by atoms with Crippen molar-refractivity contribution in [2.24, 2.45) is 13.0 Å². The summed E-state index contributed by atoms with van der Waals surface area (Å²) in [5.41, 5.74) is 1.32. The SMILES string of the molecule is CC(C)[C@H](NC(=O)c1ccccc1)c1nnc(SCC(=O)Nc2ccc(Br)cc2)n1C. The van der Waals surface area contributed by atoms with E-state index in [4.69, 9.17) is 0 Å². The van der Waals surface area contributed by atoms with E-state index in [1.54, 1.807) is 12.1 Å². The quantitative estimate of drug-likeness (QED) is 0.445. The van der Waals surface area contributed by atoms with Crippen LogP contribution in [0.2, 0.25) is 0 Å². The monoisotopic (exact) mass is 501 g/mol. The molecule has 0 bridgehead atoms. The number of amides is 2. The van der Waals surface area contributed by atoms with Crippen molar-refractivity contribution in [2.75, 3.05) is 11.1 Å². The molecular formula is C22H24BrN5O2S. The van der Waals surface area contributed by atoms with Gasteiger partial charge < -0.3 is 15.2 Å². The third kappa shape index (κ3) is 6.18. The Balaban J connectivity index is 1.64. The summed E-state index contributed by atoms with van der Waals surface area (Å²) < 4.78 is 2.78. The first-order valence-electron chi connectivity index (χ1n) is 9.78. The molecule has 0 aliphatic heterocycles. The summed E-state index contributed by atoms with van der Waals surface area (Å²) in [6.45, 7) is 4.03. The van der Waals surface area contributed by atoms with Crippen LogP contribution in [0.1, 0.15) is 36.1 Å². The number of halogens is 1. The lowest BCUT2D eigenvalue weighted by Gasteiger charge is -2.21. The van der Waals surface area contributed by atoms with Gasteiger partial charge in [0.1, 0.15) is 0 Å². The fraction of sp³-hybridized carbons (Fsp3) is 0.273. The zero-order valence-corrected chi connectivity index (χ0v) is 19.9. The predicted molar refractivity (Wildman–Crippen MR) is 126 cm³/mol. The second-order valence-corrected chi connectivity index (χ2v) is 9.16. The van der Waals surface area contributed by atoms with E-state index in [-0.39, 0.29) is 29.5 Å². The molecule has 2 N–H and O–H groups in total. The van der Waals surface area contributed by atoms with E-state index in [0.717, 1.165) is 10.2 Å². The van der Waals surface area contributed by atoms with E-state index in [1.807, 2.05) is 67.9 Å². The van der Waals surface area contributed by atoms with Crippen LogP contribution < -0.4 is 10.6 Å².